The maximum atomic E-state index is 13.0. The molecule has 1 amide bonds. The Labute approximate surface area is 151 Å². The number of rotatable bonds is 8. The molecule has 2 aromatic rings. The van der Waals surface area contributed by atoms with E-state index in [4.69, 9.17) is 9.47 Å². The van der Waals surface area contributed by atoms with Gasteiger partial charge in [0.1, 0.15) is 0 Å². The molecule has 0 saturated heterocycles. The van der Waals surface area contributed by atoms with Crippen LogP contribution in [0.3, 0.4) is 0 Å². The van der Waals surface area contributed by atoms with Crippen molar-refractivity contribution in [2.45, 2.75) is 20.1 Å². The van der Waals surface area contributed by atoms with Gasteiger partial charge in [-0.2, -0.15) is 0 Å². The van der Waals surface area contributed by atoms with Crippen LogP contribution in [-0.4, -0.2) is 32.0 Å². The van der Waals surface area contributed by atoms with E-state index in [1.54, 1.807) is 4.90 Å². The summed E-state index contributed by atoms with van der Waals surface area (Å²) < 4.78 is 12.1. The van der Waals surface area contributed by atoms with E-state index in [0.29, 0.717) is 25.3 Å². The molecule has 0 spiro atoms. The van der Waals surface area contributed by atoms with Crippen LogP contribution >= 0.6 is 15.9 Å². The van der Waals surface area contributed by atoms with E-state index < -0.39 is 6.29 Å². The fourth-order valence-electron chi connectivity index (χ4n) is 2.37. The Morgan fingerprint density at radius 3 is 2.17 bits per heavy atom. The first kappa shape index (κ1) is 18.6. The predicted octanol–water partition coefficient (Wildman–Crippen LogP) is 4.50. The summed E-state index contributed by atoms with van der Waals surface area (Å²) >= 11 is 3.53. The summed E-state index contributed by atoms with van der Waals surface area (Å²) in [5, 5.41) is 0. The van der Waals surface area contributed by atoms with Crippen LogP contribution in [0.15, 0.2) is 59.1 Å². The molecule has 0 heterocycles. The van der Waals surface area contributed by atoms with E-state index in [0.717, 1.165) is 10.2 Å². The lowest BCUT2D eigenvalue weighted by Gasteiger charge is -2.28. The zero-order chi connectivity index (χ0) is 17.4. The number of para-hydroxylation sites is 1. The minimum atomic E-state index is -0.472. The highest BCUT2D eigenvalue weighted by Gasteiger charge is 2.23. The van der Waals surface area contributed by atoms with Gasteiger partial charge in [0.25, 0.3) is 5.91 Å². The number of benzene rings is 2. The molecule has 5 heteroatoms. The van der Waals surface area contributed by atoms with Crippen molar-refractivity contribution in [2.75, 3.05) is 24.7 Å². The maximum absolute atomic E-state index is 13.0. The van der Waals surface area contributed by atoms with Gasteiger partial charge in [-0.05, 0) is 54.0 Å². The van der Waals surface area contributed by atoms with Gasteiger partial charge in [-0.15, -0.1) is 0 Å². The van der Waals surface area contributed by atoms with Gasteiger partial charge in [0.2, 0.25) is 0 Å². The lowest BCUT2D eigenvalue weighted by atomic mass is 10.1. The lowest BCUT2D eigenvalue weighted by molar-refractivity contribution is -0.128. The molecule has 128 valence electrons. The molecular weight excluding hydrogens is 370 g/mol. The van der Waals surface area contributed by atoms with Crippen molar-refractivity contribution in [3.05, 3.63) is 64.6 Å². The van der Waals surface area contributed by atoms with Crippen molar-refractivity contribution >= 4 is 27.5 Å². The minimum absolute atomic E-state index is 0.0908. The van der Waals surface area contributed by atoms with E-state index in [2.05, 4.69) is 15.9 Å². The Morgan fingerprint density at radius 1 is 1.00 bits per heavy atom. The van der Waals surface area contributed by atoms with Crippen molar-refractivity contribution in [2.24, 2.45) is 0 Å². The highest BCUT2D eigenvalue weighted by atomic mass is 79.9. The fraction of sp³-hybridized carbons (Fsp3) is 0.316. The molecule has 0 unspecified atom stereocenters. The summed E-state index contributed by atoms with van der Waals surface area (Å²) in [6, 6.07) is 16.9. The molecule has 0 atom stereocenters. The van der Waals surface area contributed by atoms with Crippen molar-refractivity contribution in [1.29, 1.82) is 0 Å². The van der Waals surface area contributed by atoms with Gasteiger partial charge >= 0.3 is 0 Å². The zero-order valence-electron chi connectivity index (χ0n) is 13.9. The summed E-state index contributed by atoms with van der Waals surface area (Å²) in [5.74, 6) is -0.0908. The number of nitrogens with zero attached hydrogens (tertiary/aromatic N) is 1. The number of hydrogen-bond donors (Lipinski definition) is 0. The molecule has 0 aliphatic carbocycles. The van der Waals surface area contributed by atoms with Gasteiger partial charge in [-0.1, -0.05) is 30.3 Å². The molecule has 4 nitrogen and oxygen atoms in total. The summed E-state index contributed by atoms with van der Waals surface area (Å²) in [7, 11) is 0. The quantitative estimate of drug-likeness (QED) is 0.622. The van der Waals surface area contributed by atoms with Crippen LogP contribution in [0.5, 0.6) is 0 Å². The summed E-state index contributed by atoms with van der Waals surface area (Å²) in [6.07, 6.45) is -0.472. The molecule has 2 rings (SSSR count). The van der Waals surface area contributed by atoms with Crippen molar-refractivity contribution in [3.63, 3.8) is 0 Å². The molecule has 0 bridgehead atoms. The molecule has 2 aromatic carbocycles. The van der Waals surface area contributed by atoms with Crippen molar-refractivity contribution < 1.29 is 14.3 Å². The highest BCUT2D eigenvalue weighted by Crippen LogP contribution is 2.27. The molecule has 0 saturated carbocycles. The second kappa shape index (κ2) is 9.57. The summed E-state index contributed by atoms with van der Waals surface area (Å²) in [6.45, 7) is 5.18. The van der Waals surface area contributed by atoms with Crippen molar-refractivity contribution in [1.82, 2.24) is 0 Å². The number of ether oxygens (including phenoxy) is 2. The van der Waals surface area contributed by atoms with Gasteiger partial charge < -0.3 is 14.4 Å². The normalized spacial score (nSPS) is 10.8. The largest absolute Gasteiger partial charge is 0.351 e. The number of carbonyl (C=O) groups excluding carboxylic acids is 1. The number of halogens is 1. The van der Waals surface area contributed by atoms with Gasteiger partial charge in [0, 0.05) is 23.2 Å². The first-order valence-corrected chi connectivity index (χ1v) is 8.81. The Bertz CT molecular complexity index is 642. The molecule has 0 aromatic heterocycles. The Morgan fingerprint density at radius 2 is 1.58 bits per heavy atom. The smallest absolute Gasteiger partial charge is 0.258 e. The average molecular weight is 392 g/mol. The molecule has 24 heavy (non-hydrogen) atoms. The Hall–Kier alpha value is -1.69. The van der Waals surface area contributed by atoms with E-state index >= 15 is 0 Å². The second-order valence-electron chi connectivity index (χ2n) is 5.07. The van der Waals surface area contributed by atoms with E-state index in [-0.39, 0.29) is 5.91 Å². The Kier molecular flexibility index (Phi) is 7.43. The first-order chi connectivity index (χ1) is 11.7. The summed E-state index contributed by atoms with van der Waals surface area (Å²) in [4.78, 5) is 14.7. The number of carbonyl (C=O) groups is 1. The maximum Gasteiger partial charge on any atom is 0.258 e. The average Bonchev–Trinajstić information content (AvgIpc) is 2.61. The molecule has 0 aliphatic heterocycles. The van der Waals surface area contributed by atoms with E-state index in [1.807, 2.05) is 68.4 Å². The zero-order valence-corrected chi connectivity index (χ0v) is 15.5. The SMILES string of the molecule is CCOC(CN(C(=O)c1ccccc1)c1ccccc1Br)OCC. The Balaban J connectivity index is 2.34. The van der Waals surface area contributed by atoms with Crippen molar-refractivity contribution in [3.8, 4) is 0 Å². The monoisotopic (exact) mass is 391 g/mol. The van der Waals surface area contributed by atoms with Crippen LogP contribution in [-0.2, 0) is 9.47 Å². The van der Waals surface area contributed by atoms with Gasteiger partial charge in [0.15, 0.2) is 6.29 Å². The van der Waals surface area contributed by atoms with Crippen LogP contribution in [0.4, 0.5) is 5.69 Å². The van der Waals surface area contributed by atoms with Crippen LogP contribution in [0.25, 0.3) is 0 Å². The second-order valence-corrected chi connectivity index (χ2v) is 5.93. The number of amides is 1. The van der Waals surface area contributed by atoms with Crippen LogP contribution < -0.4 is 4.90 Å². The third-order valence-corrected chi connectivity index (χ3v) is 4.12. The first-order valence-electron chi connectivity index (χ1n) is 8.02. The van der Waals surface area contributed by atoms with E-state index in [1.165, 1.54) is 0 Å². The predicted molar refractivity (Wildman–Crippen MR) is 99.3 cm³/mol. The highest BCUT2D eigenvalue weighted by molar-refractivity contribution is 9.10. The summed E-state index contributed by atoms with van der Waals surface area (Å²) in [5.41, 5.74) is 1.41. The molecule has 0 aliphatic rings. The fourth-order valence-corrected chi connectivity index (χ4v) is 2.87. The molecule has 0 fully saturated rings. The van der Waals surface area contributed by atoms with Gasteiger partial charge in [-0.25, -0.2) is 0 Å². The lowest BCUT2D eigenvalue weighted by Crippen LogP contribution is -2.40. The molecular formula is C19H22BrNO3. The third-order valence-electron chi connectivity index (χ3n) is 3.45. The minimum Gasteiger partial charge on any atom is -0.351 e. The third kappa shape index (κ3) is 4.90. The van der Waals surface area contributed by atoms with Crippen LogP contribution in [0.1, 0.15) is 24.2 Å². The van der Waals surface area contributed by atoms with Gasteiger partial charge in [-0.3, -0.25) is 4.79 Å². The molecule has 0 radical (unpaired) electrons. The number of hydrogen-bond acceptors (Lipinski definition) is 3. The van der Waals surface area contributed by atoms with Crippen LogP contribution in [0, 0.1) is 0 Å². The van der Waals surface area contributed by atoms with E-state index in [9.17, 15) is 4.79 Å². The molecule has 0 N–H and O–H groups in total. The standard InChI is InChI=1S/C19H22BrNO3/c1-3-23-18(24-4-2)14-21(17-13-9-8-12-16(17)20)19(22)15-10-6-5-7-11-15/h5-13,18H,3-4,14H2,1-2H3. The van der Waals surface area contributed by atoms with Gasteiger partial charge in [0.05, 0.1) is 12.2 Å². The topological polar surface area (TPSA) is 38.8 Å². The van der Waals surface area contributed by atoms with Crippen LogP contribution in [0.2, 0.25) is 0 Å². The number of anilines is 1.